The third kappa shape index (κ3) is 2.91. The largest absolute Gasteiger partial charge is 0.354 e. The number of nitro groups is 1. The Morgan fingerprint density at radius 2 is 2.32 bits per heavy atom. The number of rotatable bonds is 4. The second-order valence-corrected chi connectivity index (χ2v) is 5.53. The smallest absolute Gasteiger partial charge is 0.329 e. The van der Waals surface area contributed by atoms with Gasteiger partial charge in [0.15, 0.2) is 0 Å². The van der Waals surface area contributed by atoms with Crippen LogP contribution < -0.4 is 10.2 Å². The molecule has 0 spiro atoms. The highest BCUT2D eigenvalue weighted by molar-refractivity contribution is 5.59. The fraction of sp³-hybridized carbons (Fsp3) is 0.667. The molecule has 0 aliphatic carbocycles. The summed E-state index contributed by atoms with van der Waals surface area (Å²) >= 11 is 0. The van der Waals surface area contributed by atoms with Gasteiger partial charge in [-0.1, -0.05) is 13.8 Å². The Morgan fingerprint density at radius 3 is 2.84 bits per heavy atom. The molecule has 1 aromatic heterocycles. The average molecular weight is 265 g/mol. The summed E-state index contributed by atoms with van der Waals surface area (Å²) < 4.78 is 0. The number of hydrogen-bond acceptors (Lipinski definition) is 6. The van der Waals surface area contributed by atoms with Crippen LogP contribution in [0.1, 0.15) is 27.2 Å². The molecule has 19 heavy (non-hydrogen) atoms. The first-order valence-electron chi connectivity index (χ1n) is 6.43. The van der Waals surface area contributed by atoms with Gasteiger partial charge in [-0.05, 0) is 18.8 Å². The molecule has 0 atom stereocenters. The van der Waals surface area contributed by atoms with Crippen LogP contribution in [0.25, 0.3) is 0 Å². The topological polar surface area (TPSA) is 84.2 Å². The zero-order valence-corrected chi connectivity index (χ0v) is 11.5. The van der Waals surface area contributed by atoms with Gasteiger partial charge in [0.05, 0.1) is 4.92 Å². The van der Waals surface area contributed by atoms with E-state index in [1.165, 1.54) is 6.20 Å². The van der Waals surface area contributed by atoms with Crippen molar-refractivity contribution in [2.75, 3.05) is 29.9 Å². The Kier molecular flexibility index (Phi) is 3.55. The van der Waals surface area contributed by atoms with Gasteiger partial charge in [0.25, 0.3) is 0 Å². The van der Waals surface area contributed by atoms with Crippen LogP contribution in [0.3, 0.4) is 0 Å². The molecular weight excluding hydrogens is 246 g/mol. The van der Waals surface area contributed by atoms with E-state index in [4.69, 9.17) is 0 Å². The lowest BCUT2D eigenvalue weighted by atomic mass is 9.93. The van der Waals surface area contributed by atoms with Crippen molar-refractivity contribution < 1.29 is 4.92 Å². The molecule has 1 aliphatic heterocycles. The van der Waals surface area contributed by atoms with E-state index in [1.807, 2.05) is 11.8 Å². The summed E-state index contributed by atoms with van der Waals surface area (Å²) in [4.78, 5) is 20.9. The molecule has 0 saturated carbocycles. The van der Waals surface area contributed by atoms with Gasteiger partial charge in [-0.3, -0.25) is 10.1 Å². The van der Waals surface area contributed by atoms with Crippen LogP contribution in [0.4, 0.5) is 17.5 Å². The summed E-state index contributed by atoms with van der Waals surface area (Å²) in [6.07, 6.45) is 2.29. The molecule has 2 rings (SSSR count). The summed E-state index contributed by atoms with van der Waals surface area (Å²) in [5, 5.41) is 14.1. The second kappa shape index (κ2) is 4.99. The lowest BCUT2D eigenvalue weighted by Crippen LogP contribution is -2.25. The molecule has 1 saturated heterocycles. The van der Waals surface area contributed by atoms with Crippen LogP contribution in [0.15, 0.2) is 6.20 Å². The normalized spacial score (nSPS) is 17.5. The second-order valence-electron chi connectivity index (χ2n) is 5.53. The van der Waals surface area contributed by atoms with E-state index < -0.39 is 4.92 Å². The highest BCUT2D eigenvalue weighted by Gasteiger charge is 2.33. The molecular formula is C12H19N5O2. The molecule has 104 valence electrons. The third-order valence-corrected chi connectivity index (χ3v) is 3.26. The van der Waals surface area contributed by atoms with E-state index in [2.05, 4.69) is 29.1 Å². The van der Waals surface area contributed by atoms with Crippen LogP contribution in [0.5, 0.6) is 0 Å². The van der Waals surface area contributed by atoms with Gasteiger partial charge in [0.2, 0.25) is 11.8 Å². The Hall–Kier alpha value is -1.92. The minimum Gasteiger partial charge on any atom is -0.354 e. The Morgan fingerprint density at radius 1 is 1.58 bits per heavy atom. The summed E-state index contributed by atoms with van der Waals surface area (Å²) in [5.41, 5.74) is 0.135. The summed E-state index contributed by atoms with van der Waals surface area (Å²) in [5.74, 6) is 0.856. The molecule has 0 bridgehead atoms. The molecule has 1 N–H and O–H groups in total. The number of anilines is 2. The fourth-order valence-corrected chi connectivity index (χ4v) is 2.26. The highest BCUT2D eigenvalue weighted by Crippen LogP contribution is 2.35. The van der Waals surface area contributed by atoms with Crippen molar-refractivity contribution in [1.82, 2.24) is 9.97 Å². The standard InChI is InChI=1S/C12H19N5O2/c1-4-13-11-14-7-9(17(18)19)10(15-11)16-6-5-12(2,3)8-16/h7H,4-6,8H2,1-3H3,(H,13,14,15). The fourth-order valence-electron chi connectivity index (χ4n) is 2.26. The van der Waals surface area contributed by atoms with Crippen LogP contribution in [0, 0.1) is 15.5 Å². The molecule has 1 aliphatic rings. The Balaban J connectivity index is 2.35. The number of aromatic nitrogens is 2. The Bertz CT molecular complexity index is 489. The van der Waals surface area contributed by atoms with E-state index in [0.717, 1.165) is 19.5 Å². The van der Waals surface area contributed by atoms with Crippen LogP contribution in [-0.2, 0) is 0 Å². The molecule has 1 aromatic rings. The molecule has 7 nitrogen and oxygen atoms in total. The summed E-state index contributed by atoms with van der Waals surface area (Å²) in [6, 6.07) is 0. The average Bonchev–Trinajstić information content (AvgIpc) is 2.69. The van der Waals surface area contributed by atoms with Gasteiger partial charge in [-0.25, -0.2) is 4.98 Å². The number of nitrogens with zero attached hydrogens (tertiary/aromatic N) is 4. The molecule has 1 fully saturated rings. The van der Waals surface area contributed by atoms with Gasteiger partial charge in [0, 0.05) is 19.6 Å². The van der Waals surface area contributed by atoms with Crippen LogP contribution >= 0.6 is 0 Å². The van der Waals surface area contributed by atoms with E-state index in [9.17, 15) is 10.1 Å². The number of nitrogens with one attached hydrogen (secondary N) is 1. The molecule has 0 unspecified atom stereocenters. The van der Waals surface area contributed by atoms with Crippen molar-refractivity contribution >= 4 is 17.5 Å². The summed E-state index contributed by atoms with van der Waals surface area (Å²) in [7, 11) is 0. The number of hydrogen-bond donors (Lipinski definition) is 1. The zero-order chi connectivity index (χ0) is 14.0. The quantitative estimate of drug-likeness (QED) is 0.662. The highest BCUT2D eigenvalue weighted by atomic mass is 16.6. The van der Waals surface area contributed by atoms with Crippen molar-refractivity contribution in [2.45, 2.75) is 27.2 Å². The van der Waals surface area contributed by atoms with E-state index in [0.29, 0.717) is 18.3 Å². The predicted molar refractivity (Wildman–Crippen MR) is 73.5 cm³/mol. The minimum atomic E-state index is -0.420. The maximum absolute atomic E-state index is 11.1. The molecule has 7 heteroatoms. The maximum Gasteiger partial charge on any atom is 0.329 e. The van der Waals surface area contributed by atoms with Crippen molar-refractivity contribution in [3.05, 3.63) is 16.3 Å². The predicted octanol–water partition coefficient (Wildman–Crippen LogP) is 2.05. The van der Waals surface area contributed by atoms with Crippen molar-refractivity contribution in [3.63, 3.8) is 0 Å². The van der Waals surface area contributed by atoms with Gasteiger partial charge in [0.1, 0.15) is 6.20 Å². The Labute approximate surface area is 112 Å². The maximum atomic E-state index is 11.1. The van der Waals surface area contributed by atoms with E-state index in [-0.39, 0.29) is 11.1 Å². The molecule has 0 aromatic carbocycles. The first-order chi connectivity index (χ1) is 8.93. The first kappa shape index (κ1) is 13.5. The van der Waals surface area contributed by atoms with Crippen molar-refractivity contribution in [2.24, 2.45) is 5.41 Å². The lowest BCUT2D eigenvalue weighted by Gasteiger charge is -2.20. The van der Waals surface area contributed by atoms with E-state index in [1.54, 1.807) is 0 Å². The van der Waals surface area contributed by atoms with Gasteiger partial charge >= 0.3 is 5.69 Å². The monoisotopic (exact) mass is 265 g/mol. The zero-order valence-electron chi connectivity index (χ0n) is 11.5. The SMILES string of the molecule is CCNc1ncc([N+](=O)[O-])c(N2CCC(C)(C)C2)n1. The van der Waals surface area contributed by atoms with Gasteiger partial charge < -0.3 is 10.2 Å². The molecule has 2 heterocycles. The van der Waals surface area contributed by atoms with Crippen LogP contribution in [-0.4, -0.2) is 34.5 Å². The minimum absolute atomic E-state index is 0.0284. The lowest BCUT2D eigenvalue weighted by molar-refractivity contribution is -0.384. The first-order valence-corrected chi connectivity index (χ1v) is 6.43. The molecule has 0 amide bonds. The van der Waals surface area contributed by atoms with Crippen molar-refractivity contribution in [1.29, 1.82) is 0 Å². The van der Waals surface area contributed by atoms with Crippen LogP contribution in [0.2, 0.25) is 0 Å². The van der Waals surface area contributed by atoms with E-state index >= 15 is 0 Å². The summed E-state index contributed by atoms with van der Waals surface area (Å²) in [6.45, 7) is 8.50. The van der Waals surface area contributed by atoms with Gasteiger partial charge in [-0.15, -0.1) is 0 Å². The molecule has 0 radical (unpaired) electrons. The van der Waals surface area contributed by atoms with Crippen molar-refractivity contribution in [3.8, 4) is 0 Å². The van der Waals surface area contributed by atoms with Gasteiger partial charge in [-0.2, -0.15) is 4.98 Å². The third-order valence-electron chi connectivity index (χ3n) is 3.26.